The molecule has 3 rings (SSSR count). The number of nitrogens with one attached hydrogen (secondary N) is 1. The molecule has 4 N–H and O–H groups in total. The van der Waals surface area contributed by atoms with Crippen molar-refractivity contribution in [2.24, 2.45) is 0 Å². The van der Waals surface area contributed by atoms with Crippen LogP contribution in [-0.2, 0) is 33.9 Å². The van der Waals surface area contributed by atoms with Gasteiger partial charge in [-0.2, -0.15) is 0 Å². The van der Waals surface area contributed by atoms with Gasteiger partial charge in [0.15, 0.2) is 0 Å². The van der Waals surface area contributed by atoms with Crippen molar-refractivity contribution in [3.63, 3.8) is 0 Å². The van der Waals surface area contributed by atoms with Crippen LogP contribution in [0.3, 0.4) is 0 Å². The average Bonchev–Trinajstić information content (AvgIpc) is 2.87. The maximum atomic E-state index is 11.9. The van der Waals surface area contributed by atoms with Gasteiger partial charge < -0.3 is 25.4 Å². The summed E-state index contributed by atoms with van der Waals surface area (Å²) in [7, 11) is 1.00. The molecule has 0 aliphatic carbocycles. The number of nitrogens with zero attached hydrogens (tertiary/aromatic N) is 4. The number of carbonyl (C=O) groups excluding carboxylic acids is 1. The number of fused-ring (bicyclic) bond motifs is 2. The number of hydrogen-bond donors (Lipinski definition) is 4. The van der Waals surface area contributed by atoms with Gasteiger partial charge in [0, 0.05) is 51.6 Å². The summed E-state index contributed by atoms with van der Waals surface area (Å²) in [6.45, 7) is 3.62. The Morgan fingerprint density at radius 1 is 1.00 bits per heavy atom. The number of benzene rings is 1. The fourth-order valence-electron chi connectivity index (χ4n) is 4.49. The van der Waals surface area contributed by atoms with Gasteiger partial charge in [-0.15, -0.1) is 0 Å². The number of aliphatic hydroxyl groups excluding tert-OH is 1. The zero-order chi connectivity index (χ0) is 28.8. The minimum atomic E-state index is -0.946. The molecule has 1 aliphatic rings. The minimum Gasteiger partial charge on any atom is -0.480 e. The Labute approximate surface area is 234 Å². The van der Waals surface area contributed by atoms with E-state index in [0.717, 1.165) is 24.6 Å². The zero-order valence-electron chi connectivity index (χ0n) is 22.3. The first-order valence-corrected chi connectivity index (χ1v) is 12.9. The number of carboxylic acid groups (broad SMARTS) is 2. The van der Waals surface area contributed by atoms with Gasteiger partial charge in [0.1, 0.15) is 6.29 Å². The molecule has 0 amide bonds. The van der Waals surface area contributed by atoms with E-state index in [-0.39, 0.29) is 25.7 Å². The molecule has 2 bridgehead atoms. The van der Waals surface area contributed by atoms with Crippen molar-refractivity contribution in [2.45, 2.75) is 32.5 Å². The number of aliphatic carboxylic acids is 2. The van der Waals surface area contributed by atoms with Gasteiger partial charge in [-0.25, -0.2) is 0 Å². The molecule has 0 saturated carbocycles. The van der Waals surface area contributed by atoms with E-state index < -0.39 is 11.9 Å². The summed E-state index contributed by atoms with van der Waals surface area (Å²) >= 11 is 5.11. The van der Waals surface area contributed by atoms with Crippen molar-refractivity contribution in [3.8, 4) is 0 Å². The lowest BCUT2D eigenvalue weighted by Crippen LogP contribution is -2.49. The largest absolute Gasteiger partial charge is 0.480 e. The fraction of sp³-hybridized carbons (Fsp3) is 0.444. The highest BCUT2D eigenvalue weighted by Crippen LogP contribution is 2.18. The number of aldehydes is 1. The van der Waals surface area contributed by atoms with Gasteiger partial charge >= 0.3 is 11.9 Å². The molecule has 0 spiro atoms. The van der Waals surface area contributed by atoms with Gasteiger partial charge in [-0.3, -0.25) is 29.3 Å². The smallest absolute Gasteiger partial charge is 0.317 e. The summed E-state index contributed by atoms with van der Waals surface area (Å²) < 4.78 is 0. The van der Waals surface area contributed by atoms with E-state index in [0.29, 0.717) is 55.5 Å². The van der Waals surface area contributed by atoms with Crippen LogP contribution in [0.15, 0.2) is 42.5 Å². The molecule has 1 aliphatic heterocycles. The Hall–Kier alpha value is -3.29. The SMILES string of the molecule is CC(=S)Nc1ccc(CC2CN(CC=O)CCN(CC(=O)O)Cc3cccc(n3)CN2CC(=O)O)cc1.CO. The van der Waals surface area contributed by atoms with Crippen LogP contribution < -0.4 is 5.32 Å². The van der Waals surface area contributed by atoms with Crippen LogP contribution in [0.4, 0.5) is 5.69 Å². The van der Waals surface area contributed by atoms with Crippen LogP contribution in [0.5, 0.6) is 0 Å². The third-order valence-electron chi connectivity index (χ3n) is 6.11. The fourth-order valence-corrected chi connectivity index (χ4v) is 4.61. The molecular formula is C27H37N5O6S. The van der Waals surface area contributed by atoms with Gasteiger partial charge in [0.05, 0.1) is 36.0 Å². The lowest BCUT2D eigenvalue weighted by Gasteiger charge is -2.35. The predicted molar refractivity (Wildman–Crippen MR) is 152 cm³/mol. The molecule has 1 unspecified atom stereocenters. The van der Waals surface area contributed by atoms with E-state index in [1.807, 2.05) is 52.3 Å². The van der Waals surface area contributed by atoms with Crippen molar-refractivity contribution in [1.29, 1.82) is 0 Å². The molecule has 12 heteroatoms. The quantitative estimate of drug-likeness (QED) is 0.260. The topological polar surface area (TPSA) is 147 Å². The molecule has 0 radical (unpaired) electrons. The summed E-state index contributed by atoms with van der Waals surface area (Å²) in [5.41, 5.74) is 3.31. The molecule has 11 nitrogen and oxygen atoms in total. The predicted octanol–water partition coefficient (Wildman–Crippen LogP) is 1.35. The normalized spacial score (nSPS) is 17.1. The monoisotopic (exact) mass is 559 g/mol. The zero-order valence-corrected chi connectivity index (χ0v) is 23.1. The lowest BCUT2D eigenvalue weighted by molar-refractivity contribution is -0.139. The van der Waals surface area contributed by atoms with Crippen molar-refractivity contribution >= 4 is 41.1 Å². The first kappa shape index (κ1) is 31.9. The second-order valence-electron chi connectivity index (χ2n) is 9.19. The Morgan fingerprint density at radius 2 is 1.62 bits per heavy atom. The van der Waals surface area contributed by atoms with E-state index in [1.165, 1.54) is 0 Å². The second-order valence-corrected chi connectivity index (χ2v) is 9.80. The molecule has 2 aromatic rings. The Morgan fingerprint density at radius 3 is 2.21 bits per heavy atom. The third kappa shape index (κ3) is 11.5. The van der Waals surface area contributed by atoms with E-state index in [1.54, 1.807) is 11.8 Å². The molecule has 39 heavy (non-hydrogen) atoms. The number of thiocarbonyl (C=S) groups is 1. The standard InChI is InChI=1S/C26H33N5O5S.CH4O/c1-19(37)27-21-7-5-20(6-8-21)13-24-16-29(11-12-32)9-10-30(17-25(33)34)14-22-3-2-4-23(28-22)15-31(24)18-26(35)36;1-2/h2-8,12,24H,9-11,13-18H2,1H3,(H,27,37)(H,33,34)(H,35,36);2H,1H3. The van der Waals surface area contributed by atoms with Crippen LogP contribution in [0.2, 0.25) is 0 Å². The highest BCUT2D eigenvalue weighted by atomic mass is 32.1. The maximum Gasteiger partial charge on any atom is 0.317 e. The van der Waals surface area contributed by atoms with Crippen molar-refractivity contribution in [2.75, 3.05) is 51.7 Å². The van der Waals surface area contributed by atoms with Crippen molar-refractivity contribution in [1.82, 2.24) is 19.7 Å². The maximum absolute atomic E-state index is 11.9. The number of carbonyl (C=O) groups is 3. The minimum absolute atomic E-state index is 0.142. The van der Waals surface area contributed by atoms with Crippen molar-refractivity contribution < 1.29 is 29.7 Å². The molecule has 2 heterocycles. The number of hydrogen-bond acceptors (Lipinski definition) is 9. The number of carboxylic acids is 2. The van der Waals surface area contributed by atoms with Crippen LogP contribution in [0, 0.1) is 0 Å². The molecule has 0 saturated heterocycles. The summed E-state index contributed by atoms with van der Waals surface area (Å²) in [5.74, 6) is -1.88. The summed E-state index contributed by atoms with van der Waals surface area (Å²) in [6, 6.07) is 13.1. The summed E-state index contributed by atoms with van der Waals surface area (Å²) in [6.07, 6.45) is 1.38. The van der Waals surface area contributed by atoms with Crippen LogP contribution in [0.1, 0.15) is 23.9 Å². The highest BCUT2D eigenvalue weighted by molar-refractivity contribution is 7.80. The van der Waals surface area contributed by atoms with Crippen LogP contribution in [-0.4, -0.2) is 111 Å². The number of pyridine rings is 1. The first-order valence-electron chi connectivity index (χ1n) is 12.5. The van der Waals surface area contributed by atoms with Crippen molar-refractivity contribution in [3.05, 3.63) is 59.4 Å². The molecular weight excluding hydrogens is 522 g/mol. The highest BCUT2D eigenvalue weighted by Gasteiger charge is 2.26. The molecule has 1 aromatic carbocycles. The molecule has 0 fully saturated rings. The average molecular weight is 560 g/mol. The van der Waals surface area contributed by atoms with Gasteiger partial charge in [0.25, 0.3) is 0 Å². The second kappa shape index (κ2) is 16.6. The number of aromatic nitrogens is 1. The number of rotatable bonds is 9. The van der Waals surface area contributed by atoms with E-state index in [2.05, 4.69) is 5.32 Å². The van der Waals surface area contributed by atoms with Crippen LogP contribution >= 0.6 is 12.2 Å². The van der Waals surface area contributed by atoms with E-state index >= 15 is 0 Å². The molecule has 1 aromatic heterocycles. The molecule has 1 atom stereocenters. The van der Waals surface area contributed by atoms with E-state index in [9.17, 15) is 24.6 Å². The lowest BCUT2D eigenvalue weighted by atomic mass is 10.0. The van der Waals surface area contributed by atoms with Gasteiger partial charge in [-0.1, -0.05) is 30.4 Å². The Balaban J connectivity index is 0.00000260. The number of aliphatic hydroxyl groups is 1. The third-order valence-corrected chi connectivity index (χ3v) is 6.21. The number of anilines is 1. The van der Waals surface area contributed by atoms with Crippen LogP contribution in [0.25, 0.3) is 0 Å². The Kier molecular flexibility index (Phi) is 13.6. The first-order chi connectivity index (χ1) is 18.7. The van der Waals surface area contributed by atoms with E-state index in [4.69, 9.17) is 22.3 Å². The van der Waals surface area contributed by atoms with Gasteiger partial charge in [0.2, 0.25) is 0 Å². The van der Waals surface area contributed by atoms with Gasteiger partial charge in [-0.05, 0) is 43.2 Å². The summed E-state index contributed by atoms with van der Waals surface area (Å²) in [4.78, 5) is 45.8. The Bertz CT molecular complexity index is 1100. The summed E-state index contributed by atoms with van der Waals surface area (Å²) in [5, 5.41) is 29.2. The molecule has 212 valence electrons.